The van der Waals surface area contributed by atoms with E-state index in [-0.39, 0.29) is 0 Å². The van der Waals surface area contributed by atoms with E-state index in [4.69, 9.17) is 0 Å². The Morgan fingerprint density at radius 1 is 1.12 bits per heavy atom. The molecule has 1 heterocycles. The number of hydrogen-bond donors (Lipinski definition) is 1. The van der Waals surface area contributed by atoms with E-state index >= 15 is 0 Å². The van der Waals surface area contributed by atoms with Gasteiger partial charge in [-0.2, -0.15) is 0 Å². The molecule has 1 N–H and O–H groups in total. The maximum atomic E-state index is 3.43. The monoisotopic (exact) mass is 231 g/mol. The highest BCUT2D eigenvalue weighted by molar-refractivity contribution is 5.24. The molecule has 1 aromatic rings. The minimum Gasteiger partial charge on any atom is -0.317 e. The lowest BCUT2D eigenvalue weighted by Gasteiger charge is -2.22. The second kappa shape index (κ2) is 6.20. The maximum absolute atomic E-state index is 3.43. The van der Waals surface area contributed by atoms with E-state index in [1.165, 1.54) is 49.9 Å². The Hall–Kier alpha value is -0.820. The summed E-state index contributed by atoms with van der Waals surface area (Å²) in [4.78, 5) is 0. The van der Waals surface area contributed by atoms with Gasteiger partial charge in [-0.3, -0.25) is 0 Å². The molecular weight excluding hydrogens is 206 g/mol. The highest BCUT2D eigenvalue weighted by Crippen LogP contribution is 2.20. The van der Waals surface area contributed by atoms with Crippen molar-refractivity contribution in [3.8, 4) is 0 Å². The molecule has 0 unspecified atom stereocenters. The van der Waals surface area contributed by atoms with Crippen molar-refractivity contribution in [3.63, 3.8) is 0 Å². The van der Waals surface area contributed by atoms with Crippen LogP contribution in [0.25, 0.3) is 0 Å². The van der Waals surface area contributed by atoms with E-state index in [9.17, 15) is 0 Å². The van der Waals surface area contributed by atoms with Gasteiger partial charge in [0.2, 0.25) is 0 Å². The van der Waals surface area contributed by atoms with Gasteiger partial charge in [-0.25, -0.2) is 0 Å². The summed E-state index contributed by atoms with van der Waals surface area (Å²) in [6.45, 7) is 6.95. The summed E-state index contributed by atoms with van der Waals surface area (Å²) in [5.74, 6) is 1.59. The third kappa shape index (κ3) is 3.85. The molecular formula is C16H25N. The Morgan fingerprint density at radius 3 is 2.35 bits per heavy atom. The van der Waals surface area contributed by atoms with Crippen molar-refractivity contribution in [3.05, 3.63) is 35.4 Å². The molecule has 17 heavy (non-hydrogen) atoms. The van der Waals surface area contributed by atoms with E-state index < -0.39 is 0 Å². The van der Waals surface area contributed by atoms with Crippen molar-refractivity contribution in [2.75, 3.05) is 13.1 Å². The van der Waals surface area contributed by atoms with Gasteiger partial charge in [0, 0.05) is 0 Å². The molecule has 1 saturated heterocycles. The number of piperidine rings is 1. The minimum absolute atomic E-state index is 0.647. The number of benzene rings is 1. The van der Waals surface area contributed by atoms with Crippen LogP contribution in [0.15, 0.2) is 24.3 Å². The summed E-state index contributed by atoms with van der Waals surface area (Å²) in [5.41, 5.74) is 2.96. The van der Waals surface area contributed by atoms with Gasteiger partial charge in [-0.1, -0.05) is 38.1 Å². The van der Waals surface area contributed by atoms with Crippen LogP contribution in [0, 0.1) is 5.92 Å². The summed E-state index contributed by atoms with van der Waals surface area (Å²) in [5, 5.41) is 3.43. The summed E-state index contributed by atoms with van der Waals surface area (Å²) in [6, 6.07) is 9.22. The number of hydrogen-bond acceptors (Lipinski definition) is 1. The molecule has 0 aromatic heterocycles. The molecule has 1 aliphatic rings. The van der Waals surface area contributed by atoms with Gasteiger partial charge in [-0.15, -0.1) is 0 Å². The quantitative estimate of drug-likeness (QED) is 0.832. The van der Waals surface area contributed by atoms with Crippen molar-refractivity contribution < 1.29 is 0 Å². The van der Waals surface area contributed by atoms with Crippen LogP contribution in [0.5, 0.6) is 0 Å². The molecule has 0 atom stereocenters. The number of rotatable bonds is 4. The fraction of sp³-hybridized carbons (Fsp3) is 0.625. The first-order valence-corrected chi connectivity index (χ1v) is 7.05. The van der Waals surface area contributed by atoms with Crippen molar-refractivity contribution >= 4 is 0 Å². The third-order valence-electron chi connectivity index (χ3n) is 3.95. The molecule has 0 bridgehead atoms. The fourth-order valence-corrected chi connectivity index (χ4v) is 2.61. The van der Waals surface area contributed by atoms with Crippen LogP contribution in [0.1, 0.15) is 50.2 Å². The third-order valence-corrected chi connectivity index (χ3v) is 3.95. The average molecular weight is 231 g/mol. The Morgan fingerprint density at radius 2 is 1.76 bits per heavy atom. The topological polar surface area (TPSA) is 12.0 Å². The lowest BCUT2D eigenvalue weighted by Crippen LogP contribution is -2.27. The first-order valence-electron chi connectivity index (χ1n) is 7.05. The predicted octanol–water partition coefficient (Wildman–Crippen LogP) is 3.74. The SMILES string of the molecule is CC(C)c1ccc(CCC2CCNCC2)cc1. The minimum atomic E-state index is 0.647. The standard InChI is InChI=1S/C16H25N/c1-13(2)16-7-5-14(6-8-16)3-4-15-9-11-17-12-10-15/h5-8,13,15,17H,3-4,9-12H2,1-2H3. The fourth-order valence-electron chi connectivity index (χ4n) is 2.61. The van der Waals surface area contributed by atoms with Crippen molar-refractivity contribution in [2.24, 2.45) is 5.92 Å². The molecule has 0 amide bonds. The molecule has 0 radical (unpaired) electrons. The largest absolute Gasteiger partial charge is 0.317 e. The summed E-state index contributed by atoms with van der Waals surface area (Å²) in [7, 11) is 0. The Bertz CT molecular complexity index is 320. The van der Waals surface area contributed by atoms with Gasteiger partial charge in [0.05, 0.1) is 0 Å². The van der Waals surface area contributed by atoms with Crippen molar-refractivity contribution in [1.82, 2.24) is 5.32 Å². The van der Waals surface area contributed by atoms with Crippen LogP contribution < -0.4 is 5.32 Å². The molecule has 0 saturated carbocycles. The maximum Gasteiger partial charge on any atom is -0.00463 e. The molecule has 0 spiro atoms. The molecule has 1 heteroatoms. The van der Waals surface area contributed by atoms with Gasteiger partial charge in [-0.05, 0) is 61.7 Å². The van der Waals surface area contributed by atoms with Crippen molar-refractivity contribution in [1.29, 1.82) is 0 Å². The van der Waals surface area contributed by atoms with E-state index in [0.717, 1.165) is 5.92 Å². The average Bonchev–Trinajstić information content (AvgIpc) is 2.38. The Kier molecular flexibility index (Phi) is 4.61. The van der Waals surface area contributed by atoms with E-state index in [2.05, 4.69) is 43.4 Å². The Balaban J connectivity index is 1.82. The van der Waals surface area contributed by atoms with E-state index in [1.807, 2.05) is 0 Å². The molecule has 1 nitrogen and oxygen atoms in total. The summed E-state index contributed by atoms with van der Waals surface area (Å²) >= 11 is 0. The zero-order valence-electron chi connectivity index (χ0n) is 11.2. The number of aryl methyl sites for hydroxylation is 1. The zero-order chi connectivity index (χ0) is 12.1. The van der Waals surface area contributed by atoms with Crippen LogP contribution in [0.2, 0.25) is 0 Å². The molecule has 1 fully saturated rings. The lowest BCUT2D eigenvalue weighted by atomic mass is 9.91. The molecule has 1 aromatic carbocycles. The van der Waals surface area contributed by atoms with Gasteiger partial charge < -0.3 is 5.32 Å². The molecule has 2 rings (SSSR count). The van der Waals surface area contributed by atoms with Crippen LogP contribution in [0.4, 0.5) is 0 Å². The molecule has 0 aliphatic carbocycles. The Labute approximate surface area is 106 Å². The normalized spacial score (nSPS) is 17.6. The highest BCUT2D eigenvalue weighted by atomic mass is 14.9. The van der Waals surface area contributed by atoms with Gasteiger partial charge in [0.15, 0.2) is 0 Å². The van der Waals surface area contributed by atoms with Crippen LogP contribution in [-0.4, -0.2) is 13.1 Å². The number of nitrogens with one attached hydrogen (secondary N) is 1. The van der Waals surface area contributed by atoms with E-state index in [1.54, 1.807) is 0 Å². The second-order valence-electron chi connectivity index (χ2n) is 5.63. The molecule has 94 valence electrons. The highest BCUT2D eigenvalue weighted by Gasteiger charge is 2.12. The summed E-state index contributed by atoms with van der Waals surface area (Å²) < 4.78 is 0. The van der Waals surface area contributed by atoms with Crippen LogP contribution >= 0.6 is 0 Å². The molecule has 1 aliphatic heterocycles. The van der Waals surface area contributed by atoms with Gasteiger partial charge in [0.1, 0.15) is 0 Å². The first kappa shape index (κ1) is 12.6. The zero-order valence-corrected chi connectivity index (χ0v) is 11.2. The van der Waals surface area contributed by atoms with Crippen LogP contribution in [0.3, 0.4) is 0 Å². The van der Waals surface area contributed by atoms with Crippen LogP contribution in [-0.2, 0) is 6.42 Å². The van der Waals surface area contributed by atoms with E-state index in [0.29, 0.717) is 5.92 Å². The van der Waals surface area contributed by atoms with Crippen molar-refractivity contribution in [2.45, 2.75) is 45.4 Å². The van der Waals surface area contributed by atoms with Gasteiger partial charge in [0.25, 0.3) is 0 Å². The summed E-state index contributed by atoms with van der Waals surface area (Å²) in [6.07, 6.45) is 5.35. The second-order valence-corrected chi connectivity index (χ2v) is 5.63. The van der Waals surface area contributed by atoms with Gasteiger partial charge >= 0.3 is 0 Å². The first-order chi connectivity index (χ1) is 8.25. The smallest absolute Gasteiger partial charge is 0.00463 e. The lowest BCUT2D eigenvalue weighted by molar-refractivity contribution is 0.354. The predicted molar refractivity (Wildman–Crippen MR) is 74.4 cm³/mol.